The lowest BCUT2D eigenvalue weighted by Gasteiger charge is -2.07. The van der Waals surface area contributed by atoms with E-state index in [0.29, 0.717) is 5.75 Å². The standard InChI is InChI=1S/C11H14BrNO/c1-11(2)9(10(11)13)8-6(12)4-3-5-7(8)14/h3-5,9-10,14H,13H2,1-2H3/t9-,10-/m0/s1. The predicted octanol–water partition coefficient (Wildman–Crippen LogP) is 2.61. The Morgan fingerprint density at radius 1 is 1.43 bits per heavy atom. The first-order chi connectivity index (χ1) is 6.46. The van der Waals surface area contributed by atoms with Gasteiger partial charge in [-0.15, -0.1) is 0 Å². The van der Waals surface area contributed by atoms with Crippen molar-refractivity contribution in [3.8, 4) is 5.75 Å². The molecule has 2 rings (SSSR count). The van der Waals surface area contributed by atoms with Crippen LogP contribution in [0.4, 0.5) is 0 Å². The molecule has 1 saturated carbocycles. The van der Waals surface area contributed by atoms with Crippen LogP contribution in [0.2, 0.25) is 0 Å². The molecule has 1 fully saturated rings. The van der Waals surface area contributed by atoms with Crippen molar-refractivity contribution in [3.63, 3.8) is 0 Å². The Morgan fingerprint density at radius 2 is 2.00 bits per heavy atom. The van der Waals surface area contributed by atoms with E-state index in [1.807, 2.05) is 12.1 Å². The van der Waals surface area contributed by atoms with Crippen LogP contribution in [-0.4, -0.2) is 11.1 Å². The normalized spacial score (nSPS) is 28.9. The average Bonchev–Trinajstić information content (AvgIpc) is 2.54. The zero-order chi connectivity index (χ0) is 10.5. The van der Waals surface area contributed by atoms with Crippen molar-refractivity contribution >= 4 is 15.9 Å². The number of phenols is 1. The molecule has 14 heavy (non-hydrogen) atoms. The maximum absolute atomic E-state index is 9.77. The van der Waals surface area contributed by atoms with E-state index >= 15 is 0 Å². The predicted molar refractivity (Wildman–Crippen MR) is 60.3 cm³/mol. The van der Waals surface area contributed by atoms with Crippen molar-refractivity contribution in [3.05, 3.63) is 28.2 Å². The quantitative estimate of drug-likeness (QED) is 0.811. The zero-order valence-corrected chi connectivity index (χ0v) is 9.88. The van der Waals surface area contributed by atoms with Gasteiger partial charge in [0.25, 0.3) is 0 Å². The number of benzene rings is 1. The summed E-state index contributed by atoms with van der Waals surface area (Å²) >= 11 is 3.45. The minimum absolute atomic E-state index is 0.0986. The van der Waals surface area contributed by atoms with Crippen molar-refractivity contribution in [1.82, 2.24) is 0 Å². The first-order valence-electron chi connectivity index (χ1n) is 4.69. The van der Waals surface area contributed by atoms with Gasteiger partial charge in [0.1, 0.15) is 5.75 Å². The molecule has 1 aromatic rings. The summed E-state index contributed by atoms with van der Waals surface area (Å²) in [5, 5.41) is 9.77. The molecule has 3 heteroatoms. The molecule has 0 aliphatic heterocycles. The number of hydrogen-bond acceptors (Lipinski definition) is 2. The number of halogens is 1. The Hall–Kier alpha value is -0.540. The van der Waals surface area contributed by atoms with Gasteiger partial charge < -0.3 is 10.8 Å². The largest absolute Gasteiger partial charge is 0.508 e. The summed E-state index contributed by atoms with van der Waals surface area (Å²) in [5.41, 5.74) is 7.03. The van der Waals surface area contributed by atoms with Crippen molar-refractivity contribution in [1.29, 1.82) is 0 Å². The van der Waals surface area contributed by atoms with Crippen molar-refractivity contribution < 1.29 is 5.11 Å². The van der Waals surface area contributed by atoms with Crippen LogP contribution >= 0.6 is 15.9 Å². The monoisotopic (exact) mass is 255 g/mol. The van der Waals surface area contributed by atoms with Crippen LogP contribution < -0.4 is 5.73 Å². The van der Waals surface area contributed by atoms with Gasteiger partial charge in [-0.1, -0.05) is 35.8 Å². The molecule has 1 aliphatic rings. The maximum Gasteiger partial charge on any atom is 0.120 e. The second-order valence-corrected chi connectivity index (χ2v) is 5.35. The molecular formula is C11H14BrNO. The SMILES string of the molecule is CC1(C)[C@@H](N)[C@@H]1c1c(O)cccc1Br. The first-order valence-corrected chi connectivity index (χ1v) is 5.48. The van der Waals surface area contributed by atoms with Crippen LogP contribution in [0.3, 0.4) is 0 Å². The van der Waals surface area contributed by atoms with Gasteiger partial charge in [0.2, 0.25) is 0 Å². The molecule has 0 aromatic heterocycles. The molecular weight excluding hydrogens is 242 g/mol. The lowest BCUT2D eigenvalue weighted by molar-refractivity contribution is 0.463. The average molecular weight is 256 g/mol. The van der Waals surface area contributed by atoms with Gasteiger partial charge >= 0.3 is 0 Å². The molecule has 0 spiro atoms. The fraction of sp³-hybridized carbons (Fsp3) is 0.455. The highest BCUT2D eigenvalue weighted by molar-refractivity contribution is 9.10. The molecule has 2 atom stereocenters. The van der Waals surface area contributed by atoms with Gasteiger partial charge in [0.05, 0.1) is 0 Å². The summed E-state index contributed by atoms with van der Waals surface area (Å²) < 4.78 is 0.948. The van der Waals surface area contributed by atoms with E-state index in [1.165, 1.54) is 0 Å². The zero-order valence-electron chi connectivity index (χ0n) is 8.29. The molecule has 0 saturated heterocycles. The molecule has 0 bridgehead atoms. The third-order valence-electron chi connectivity index (χ3n) is 3.25. The summed E-state index contributed by atoms with van der Waals surface area (Å²) in [6, 6.07) is 5.62. The Morgan fingerprint density at radius 3 is 2.43 bits per heavy atom. The van der Waals surface area contributed by atoms with Crippen LogP contribution in [0.1, 0.15) is 25.3 Å². The van der Waals surface area contributed by atoms with Gasteiger partial charge in [-0.3, -0.25) is 0 Å². The van der Waals surface area contributed by atoms with Gasteiger partial charge in [-0.05, 0) is 17.5 Å². The van der Waals surface area contributed by atoms with Gasteiger partial charge in [-0.2, -0.15) is 0 Å². The highest BCUT2D eigenvalue weighted by Crippen LogP contribution is 2.60. The fourth-order valence-corrected chi connectivity index (χ4v) is 2.67. The summed E-state index contributed by atoms with van der Waals surface area (Å²) in [4.78, 5) is 0. The van der Waals surface area contributed by atoms with E-state index in [1.54, 1.807) is 6.07 Å². The molecule has 0 heterocycles. The second-order valence-electron chi connectivity index (χ2n) is 4.50. The third-order valence-corrected chi connectivity index (χ3v) is 3.94. The highest BCUT2D eigenvalue weighted by atomic mass is 79.9. The van der Waals surface area contributed by atoms with E-state index in [4.69, 9.17) is 5.73 Å². The smallest absolute Gasteiger partial charge is 0.120 e. The van der Waals surface area contributed by atoms with Crippen LogP contribution in [0.25, 0.3) is 0 Å². The minimum Gasteiger partial charge on any atom is -0.508 e. The molecule has 3 N–H and O–H groups in total. The first kappa shape index (κ1) is 9.99. The molecule has 0 unspecified atom stereocenters. The van der Waals surface area contributed by atoms with E-state index < -0.39 is 0 Å². The topological polar surface area (TPSA) is 46.2 Å². The molecule has 76 valence electrons. The van der Waals surface area contributed by atoms with Crippen molar-refractivity contribution in [2.24, 2.45) is 11.1 Å². The fourth-order valence-electron chi connectivity index (χ4n) is 2.06. The highest BCUT2D eigenvalue weighted by Gasteiger charge is 2.57. The summed E-state index contributed by atoms with van der Waals surface area (Å²) in [6.07, 6.45) is 0. The van der Waals surface area contributed by atoms with E-state index in [-0.39, 0.29) is 17.4 Å². The van der Waals surface area contributed by atoms with Crippen LogP contribution in [0.15, 0.2) is 22.7 Å². The van der Waals surface area contributed by atoms with Crippen LogP contribution in [0, 0.1) is 5.41 Å². The Bertz CT molecular complexity index is 355. The summed E-state index contributed by atoms with van der Waals surface area (Å²) in [5.74, 6) is 0.600. The molecule has 1 aliphatic carbocycles. The number of aromatic hydroxyl groups is 1. The van der Waals surface area contributed by atoms with Gasteiger partial charge in [0.15, 0.2) is 0 Å². The molecule has 0 radical (unpaired) electrons. The second kappa shape index (κ2) is 2.97. The molecule has 2 nitrogen and oxygen atoms in total. The van der Waals surface area contributed by atoms with Crippen LogP contribution in [-0.2, 0) is 0 Å². The summed E-state index contributed by atoms with van der Waals surface area (Å²) in [7, 11) is 0. The number of hydrogen-bond donors (Lipinski definition) is 2. The summed E-state index contributed by atoms with van der Waals surface area (Å²) in [6.45, 7) is 4.25. The Kier molecular flexibility index (Phi) is 2.12. The number of nitrogens with two attached hydrogens (primary N) is 1. The van der Waals surface area contributed by atoms with Crippen LogP contribution in [0.5, 0.6) is 5.75 Å². The Labute approximate surface area is 92.3 Å². The third kappa shape index (κ3) is 1.27. The molecule has 1 aromatic carbocycles. The van der Waals surface area contributed by atoms with E-state index in [9.17, 15) is 5.11 Å². The number of phenolic OH excluding ortho intramolecular Hbond substituents is 1. The van der Waals surface area contributed by atoms with Gasteiger partial charge in [-0.25, -0.2) is 0 Å². The lowest BCUT2D eigenvalue weighted by Crippen LogP contribution is -2.06. The van der Waals surface area contributed by atoms with Crippen molar-refractivity contribution in [2.45, 2.75) is 25.8 Å². The number of rotatable bonds is 1. The lowest BCUT2D eigenvalue weighted by atomic mass is 10.0. The van der Waals surface area contributed by atoms with Crippen molar-refractivity contribution in [2.75, 3.05) is 0 Å². The molecule has 0 amide bonds. The van der Waals surface area contributed by atoms with E-state index in [2.05, 4.69) is 29.8 Å². The van der Waals surface area contributed by atoms with E-state index in [0.717, 1.165) is 10.0 Å². The minimum atomic E-state index is 0.0986. The maximum atomic E-state index is 9.77. The Balaban J connectivity index is 2.44. The van der Waals surface area contributed by atoms with Gasteiger partial charge in [0, 0.05) is 22.0 Å².